The molecule has 0 unspecified atom stereocenters. The summed E-state index contributed by atoms with van der Waals surface area (Å²) in [6, 6.07) is 18.9. The SMILES string of the molecule is CCOC(=O)C1=C(C)NC(c2ccccc2)=C(C(=O)OCC)[C@H]1C#Cc1ccccc1. The Bertz CT molecular complexity index is 1070. The van der Waals surface area contributed by atoms with Gasteiger partial charge in [0.05, 0.1) is 36.0 Å². The van der Waals surface area contributed by atoms with E-state index in [9.17, 15) is 9.59 Å². The molecule has 1 atom stereocenters. The van der Waals surface area contributed by atoms with Gasteiger partial charge in [0, 0.05) is 11.3 Å². The van der Waals surface area contributed by atoms with E-state index in [0.29, 0.717) is 22.5 Å². The normalized spacial score (nSPS) is 15.5. The maximum absolute atomic E-state index is 13.1. The lowest BCUT2D eigenvalue weighted by atomic mass is 9.84. The topological polar surface area (TPSA) is 64.6 Å². The smallest absolute Gasteiger partial charge is 0.337 e. The third-order valence-corrected chi connectivity index (χ3v) is 4.75. The summed E-state index contributed by atoms with van der Waals surface area (Å²) in [6.45, 7) is 5.70. The first-order chi connectivity index (χ1) is 15.1. The van der Waals surface area contributed by atoms with E-state index in [1.54, 1.807) is 20.8 Å². The van der Waals surface area contributed by atoms with Crippen molar-refractivity contribution in [1.29, 1.82) is 0 Å². The third kappa shape index (κ3) is 5.04. The number of esters is 2. The molecule has 1 aliphatic rings. The lowest BCUT2D eigenvalue weighted by Crippen LogP contribution is -2.33. The van der Waals surface area contributed by atoms with Gasteiger partial charge in [-0.25, -0.2) is 9.59 Å². The second-order valence-corrected chi connectivity index (χ2v) is 6.83. The number of benzene rings is 2. The number of hydrogen-bond donors (Lipinski definition) is 1. The van der Waals surface area contributed by atoms with Gasteiger partial charge in [0.1, 0.15) is 0 Å². The van der Waals surface area contributed by atoms with Crippen molar-refractivity contribution in [3.63, 3.8) is 0 Å². The predicted molar refractivity (Wildman–Crippen MR) is 119 cm³/mol. The maximum atomic E-state index is 13.1. The minimum atomic E-state index is -0.797. The number of rotatable bonds is 5. The summed E-state index contributed by atoms with van der Waals surface area (Å²) in [5.74, 6) is 4.42. The Hall–Kier alpha value is -3.78. The summed E-state index contributed by atoms with van der Waals surface area (Å²) in [5.41, 5.74) is 3.37. The molecule has 1 aliphatic heterocycles. The van der Waals surface area contributed by atoms with Crippen LogP contribution in [0, 0.1) is 17.8 Å². The summed E-state index contributed by atoms with van der Waals surface area (Å²) >= 11 is 0. The Balaban J connectivity index is 2.21. The molecule has 0 fully saturated rings. The van der Waals surface area contributed by atoms with Crippen molar-refractivity contribution in [2.45, 2.75) is 20.8 Å². The highest BCUT2D eigenvalue weighted by Gasteiger charge is 2.37. The van der Waals surface area contributed by atoms with Crippen molar-refractivity contribution < 1.29 is 19.1 Å². The predicted octanol–water partition coefficient (Wildman–Crippen LogP) is 4.07. The fourth-order valence-corrected chi connectivity index (χ4v) is 3.39. The second kappa shape index (κ2) is 10.3. The van der Waals surface area contributed by atoms with E-state index in [0.717, 1.165) is 11.1 Å². The lowest BCUT2D eigenvalue weighted by molar-refractivity contribution is -0.139. The van der Waals surface area contributed by atoms with Crippen LogP contribution in [0.4, 0.5) is 0 Å². The van der Waals surface area contributed by atoms with Crippen molar-refractivity contribution in [3.05, 3.63) is 88.6 Å². The number of allylic oxidation sites excluding steroid dienone is 1. The first-order valence-corrected chi connectivity index (χ1v) is 10.2. The molecule has 2 aromatic carbocycles. The van der Waals surface area contributed by atoms with Crippen LogP contribution < -0.4 is 5.32 Å². The zero-order valence-corrected chi connectivity index (χ0v) is 17.9. The molecule has 0 saturated carbocycles. The Labute approximate surface area is 182 Å². The van der Waals surface area contributed by atoms with Gasteiger partial charge in [-0.2, -0.15) is 0 Å². The van der Waals surface area contributed by atoms with Crippen molar-refractivity contribution >= 4 is 17.6 Å². The molecule has 1 N–H and O–H groups in total. The molecule has 0 radical (unpaired) electrons. The van der Waals surface area contributed by atoms with Gasteiger partial charge in [-0.15, -0.1) is 0 Å². The molecule has 0 saturated heterocycles. The average molecular weight is 415 g/mol. The van der Waals surface area contributed by atoms with E-state index in [2.05, 4.69) is 17.2 Å². The quantitative estimate of drug-likeness (QED) is 0.589. The van der Waals surface area contributed by atoms with Crippen molar-refractivity contribution in [2.24, 2.45) is 5.92 Å². The van der Waals surface area contributed by atoms with Gasteiger partial charge in [-0.05, 0) is 38.5 Å². The number of carbonyl (C=O) groups excluding carboxylic acids is 2. The molecule has 5 nitrogen and oxygen atoms in total. The molecule has 0 bridgehead atoms. The first kappa shape index (κ1) is 21.9. The van der Waals surface area contributed by atoms with E-state index in [-0.39, 0.29) is 13.2 Å². The highest BCUT2D eigenvalue weighted by atomic mass is 16.5. The van der Waals surface area contributed by atoms with Crippen LogP contribution in [-0.2, 0) is 19.1 Å². The van der Waals surface area contributed by atoms with Crippen LogP contribution >= 0.6 is 0 Å². The van der Waals surface area contributed by atoms with Crippen molar-refractivity contribution in [1.82, 2.24) is 5.32 Å². The van der Waals surface area contributed by atoms with Crippen LogP contribution in [0.5, 0.6) is 0 Å². The van der Waals surface area contributed by atoms with Gasteiger partial charge in [0.25, 0.3) is 0 Å². The fourth-order valence-electron chi connectivity index (χ4n) is 3.39. The van der Waals surface area contributed by atoms with Crippen LogP contribution in [0.2, 0.25) is 0 Å². The van der Waals surface area contributed by atoms with Crippen LogP contribution in [-0.4, -0.2) is 25.2 Å². The van der Waals surface area contributed by atoms with Gasteiger partial charge >= 0.3 is 11.9 Å². The summed E-state index contributed by atoms with van der Waals surface area (Å²) in [7, 11) is 0. The molecule has 3 rings (SSSR count). The molecule has 158 valence electrons. The van der Waals surface area contributed by atoms with E-state index in [1.165, 1.54) is 0 Å². The van der Waals surface area contributed by atoms with Crippen molar-refractivity contribution in [2.75, 3.05) is 13.2 Å². The zero-order valence-electron chi connectivity index (χ0n) is 17.9. The molecular formula is C26H25NO4. The Morgan fingerprint density at radius 3 is 2.00 bits per heavy atom. The number of hydrogen-bond acceptors (Lipinski definition) is 5. The van der Waals surface area contributed by atoms with E-state index in [1.807, 2.05) is 60.7 Å². The van der Waals surface area contributed by atoms with Gasteiger partial charge < -0.3 is 14.8 Å². The van der Waals surface area contributed by atoms with Crippen LogP contribution in [0.25, 0.3) is 5.70 Å². The van der Waals surface area contributed by atoms with E-state index >= 15 is 0 Å². The Morgan fingerprint density at radius 2 is 1.42 bits per heavy atom. The zero-order chi connectivity index (χ0) is 22.2. The number of dihydropyridines is 1. The molecule has 1 heterocycles. The molecule has 0 aliphatic carbocycles. The molecular weight excluding hydrogens is 390 g/mol. The van der Waals surface area contributed by atoms with Crippen molar-refractivity contribution in [3.8, 4) is 11.8 Å². The summed E-state index contributed by atoms with van der Waals surface area (Å²) in [6.07, 6.45) is 0. The molecule has 0 amide bonds. The Morgan fingerprint density at radius 1 is 0.871 bits per heavy atom. The summed E-state index contributed by atoms with van der Waals surface area (Å²) in [4.78, 5) is 25.9. The van der Waals surface area contributed by atoms with Gasteiger partial charge in [0.15, 0.2) is 0 Å². The standard InChI is InChI=1S/C26H25NO4/c1-4-30-25(28)22-18(3)27-24(20-14-10-7-11-15-20)23(26(29)31-5-2)21(22)17-16-19-12-8-6-9-13-19/h6-15,21,27H,4-5H2,1-3H3/t21-/m0/s1. The lowest BCUT2D eigenvalue weighted by Gasteiger charge is -2.28. The largest absolute Gasteiger partial charge is 0.463 e. The summed E-state index contributed by atoms with van der Waals surface area (Å²) < 4.78 is 10.6. The highest BCUT2D eigenvalue weighted by molar-refractivity contribution is 6.04. The summed E-state index contributed by atoms with van der Waals surface area (Å²) in [5, 5.41) is 3.23. The van der Waals surface area contributed by atoms with Crippen LogP contribution in [0.1, 0.15) is 31.9 Å². The van der Waals surface area contributed by atoms with Crippen LogP contribution in [0.15, 0.2) is 77.5 Å². The number of nitrogens with one attached hydrogen (secondary N) is 1. The van der Waals surface area contributed by atoms with E-state index < -0.39 is 17.9 Å². The molecule has 31 heavy (non-hydrogen) atoms. The fraction of sp³-hybridized carbons (Fsp3) is 0.231. The number of carbonyl (C=O) groups is 2. The average Bonchev–Trinajstić information content (AvgIpc) is 2.78. The Kier molecular flexibility index (Phi) is 7.29. The maximum Gasteiger partial charge on any atom is 0.337 e. The third-order valence-electron chi connectivity index (χ3n) is 4.75. The van der Waals surface area contributed by atoms with Gasteiger partial charge in [-0.3, -0.25) is 0 Å². The molecule has 5 heteroatoms. The highest BCUT2D eigenvalue weighted by Crippen LogP contribution is 2.35. The van der Waals surface area contributed by atoms with Crippen LogP contribution in [0.3, 0.4) is 0 Å². The van der Waals surface area contributed by atoms with Gasteiger partial charge in [0.2, 0.25) is 0 Å². The molecule has 0 aromatic heterocycles. The van der Waals surface area contributed by atoms with Gasteiger partial charge in [-0.1, -0.05) is 60.4 Å². The minimum Gasteiger partial charge on any atom is -0.463 e. The minimum absolute atomic E-state index is 0.209. The second-order valence-electron chi connectivity index (χ2n) is 6.83. The monoisotopic (exact) mass is 415 g/mol. The van der Waals surface area contributed by atoms with E-state index in [4.69, 9.17) is 9.47 Å². The molecule has 2 aromatic rings. The molecule has 0 spiro atoms. The number of ether oxygens (including phenoxy) is 2. The first-order valence-electron chi connectivity index (χ1n) is 10.2.